The number of aryl methyl sites for hydroxylation is 1. The van der Waals surface area contributed by atoms with Crippen molar-refractivity contribution in [1.29, 1.82) is 0 Å². The highest BCUT2D eigenvalue weighted by atomic mass is 16.1. The van der Waals surface area contributed by atoms with Gasteiger partial charge in [0.15, 0.2) is 0 Å². The van der Waals surface area contributed by atoms with Gasteiger partial charge >= 0.3 is 0 Å². The monoisotopic (exact) mass is 427 g/mol. The van der Waals surface area contributed by atoms with Crippen molar-refractivity contribution < 1.29 is 4.79 Å². The molecule has 2 aromatic heterocycles. The zero-order valence-corrected chi connectivity index (χ0v) is 17.8. The van der Waals surface area contributed by atoms with E-state index in [4.69, 9.17) is 4.98 Å². The summed E-state index contributed by atoms with van der Waals surface area (Å²) in [5.41, 5.74) is 2.86. The molecule has 5 rings (SSSR count). The number of hydrogen-bond acceptors (Lipinski definition) is 4. The Hall–Kier alpha value is -3.74. The molecule has 1 N–H and O–H groups in total. The molecule has 0 radical (unpaired) electrons. The van der Waals surface area contributed by atoms with E-state index in [0.29, 0.717) is 36.1 Å². The Bertz CT molecular complexity index is 1290. The molecule has 7 nitrogen and oxygen atoms in total. The molecule has 7 heteroatoms. The third-order valence-corrected chi connectivity index (χ3v) is 5.81. The summed E-state index contributed by atoms with van der Waals surface area (Å²) in [5.74, 6) is 0.684. The van der Waals surface area contributed by atoms with Gasteiger partial charge in [-0.05, 0) is 55.2 Å². The average molecular weight is 428 g/mol. The van der Waals surface area contributed by atoms with Crippen LogP contribution in [0.5, 0.6) is 0 Å². The Morgan fingerprint density at radius 2 is 1.84 bits per heavy atom. The van der Waals surface area contributed by atoms with E-state index in [9.17, 15) is 9.59 Å². The average Bonchev–Trinajstić information content (AvgIpc) is 3.50. The quantitative estimate of drug-likeness (QED) is 0.468. The first kappa shape index (κ1) is 20.2. The lowest BCUT2D eigenvalue weighted by atomic mass is 10.1. The van der Waals surface area contributed by atoms with Crippen LogP contribution in [0.25, 0.3) is 16.6 Å². The van der Waals surface area contributed by atoms with Crippen molar-refractivity contribution in [2.75, 3.05) is 6.54 Å². The van der Waals surface area contributed by atoms with Gasteiger partial charge in [-0.2, -0.15) is 5.10 Å². The number of carbonyl (C=O) groups excluding carboxylic acids is 1. The fourth-order valence-electron chi connectivity index (χ4n) is 3.97. The van der Waals surface area contributed by atoms with E-state index in [1.165, 1.54) is 0 Å². The molecule has 0 unspecified atom stereocenters. The number of amides is 1. The Kier molecular flexibility index (Phi) is 5.54. The van der Waals surface area contributed by atoms with Crippen molar-refractivity contribution in [3.63, 3.8) is 0 Å². The van der Waals surface area contributed by atoms with Crippen LogP contribution < -0.4 is 10.9 Å². The SMILES string of the molecule is O=C(CCc1nc2ccccc2c(=O)n1C1CC1)NCCc1ccc(-n2cccn2)cc1. The lowest BCUT2D eigenvalue weighted by Crippen LogP contribution is -2.28. The number of rotatable bonds is 8. The predicted octanol–water partition coefficient (Wildman–Crippen LogP) is 3.21. The molecule has 0 saturated heterocycles. The van der Waals surface area contributed by atoms with Gasteiger partial charge in [-0.3, -0.25) is 14.2 Å². The fourth-order valence-corrected chi connectivity index (χ4v) is 3.97. The molecule has 32 heavy (non-hydrogen) atoms. The maximum atomic E-state index is 12.9. The number of benzene rings is 2. The first-order valence-corrected chi connectivity index (χ1v) is 11.0. The number of para-hydroxylation sites is 1. The highest BCUT2D eigenvalue weighted by molar-refractivity contribution is 5.78. The third kappa shape index (κ3) is 4.32. The molecule has 4 aromatic rings. The van der Waals surface area contributed by atoms with E-state index in [0.717, 1.165) is 30.5 Å². The molecule has 0 spiro atoms. The lowest BCUT2D eigenvalue weighted by molar-refractivity contribution is -0.121. The van der Waals surface area contributed by atoms with Crippen LogP contribution in [-0.4, -0.2) is 31.8 Å². The van der Waals surface area contributed by atoms with Crippen LogP contribution in [0.1, 0.15) is 36.7 Å². The van der Waals surface area contributed by atoms with Crippen molar-refractivity contribution in [3.05, 3.63) is 88.7 Å². The second kappa shape index (κ2) is 8.78. The molecular weight excluding hydrogens is 402 g/mol. The van der Waals surface area contributed by atoms with Crippen molar-refractivity contribution in [2.24, 2.45) is 0 Å². The van der Waals surface area contributed by atoms with E-state index < -0.39 is 0 Å². The van der Waals surface area contributed by atoms with Gasteiger partial charge in [0.2, 0.25) is 5.91 Å². The summed E-state index contributed by atoms with van der Waals surface area (Å²) in [4.78, 5) is 30.0. The van der Waals surface area contributed by atoms with E-state index in [1.54, 1.807) is 10.8 Å². The lowest BCUT2D eigenvalue weighted by Gasteiger charge is -2.13. The first-order valence-electron chi connectivity index (χ1n) is 11.0. The topological polar surface area (TPSA) is 81.8 Å². The molecule has 2 aromatic carbocycles. The molecule has 1 aliphatic rings. The largest absolute Gasteiger partial charge is 0.356 e. The standard InChI is InChI=1S/C25H25N5O2/c31-24(26-16-14-18-6-8-19(9-7-18)29-17-3-15-27-29)13-12-23-28-22-5-2-1-4-21(22)25(32)30(23)20-10-11-20/h1-9,15,17,20H,10-14,16H2,(H,26,31). The number of fused-ring (bicyclic) bond motifs is 1. The predicted molar refractivity (Wildman–Crippen MR) is 123 cm³/mol. The van der Waals surface area contributed by atoms with Crippen molar-refractivity contribution in [2.45, 2.75) is 38.1 Å². The van der Waals surface area contributed by atoms with Crippen molar-refractivity contribution >= 4 is 16.8 Å². The second-order valence-electron chi connectivity index (χ2n) is 8.17. The van der Waals surface area contributed by atoms with Gasteiger partial charge in [-0.1, -0.05) is 24.3 Å². The highest BCUT2D eigenvalue weighted by Gasteiger charge is 2.28. The maximum absolute atomic E-state index is 12.9. The number of nitrogens with zero attached hydrogens (tertiary/aromatic N) is 4. The molecule has 0 bridgehead atoms. The van der Waals surface area contributed by atoms with Crippen LogP contribution in [0.2, 0.25) is 0 Å². The van der Waals surface area contributed by atoms with Crippen LogP contribution in [0.3, 0.4) is 0 Å². The van der Waals surface area contributed by atoms with E-state index in [-0.39, 0.29) is 17.5 Å². The molecular formula is C25H25N5O2. The van der Waals surface area contributed by atoms with Gasteiger partial charge in [-0.15, -0.1) is 0 Å². The van der Waals surface area contributed by atoms with Crippen molar-refractivity contribution in [1.82, 2.24) is 24.6 Å². The van der Waals surface area contributed by atoms with Crippen LogP contribution in [0.4, 0.5) is 0 Å². The number of carbonyl (C=O) groups is 1. The molecule has 0 aliphatic heterocycles. The zero-order valence-electron chi connectivity index (χ0n) is 17.8. The van der Waals surface area contributed by atoms with E-state index in [1.807, 2.05) is 53.3 Å². The van der Waals surface area contributed by atoms with Gasteiger partial charge in [0.05, 0.1) is 16.6 Å². The van der Waals surface area contributed by atoms with E-state index >= 15 is 0 Å². The normalized spacial score (nSPS) is 13.4. The van der Waals surface area contributed by atoms with Gasteiger partial charge in [0, 0.05) is 37.8 Å². The fraction of sp³-hybridized carbons (Fsp3) is 0.280. The second-order valence-corrected chi connectivity index (χ2v) is 8.17. The summed E-state index contributed by atoms with van der Waals surface area (Å²) in [5, 5.41) is 7.86. The van der Waals surface area contributed by atoms with Gasteiger partial charge in [0.1, 0.15) is 5.82 Å². The third-order valence-electron chi connectivity index (χ3n) is 5.81. The van der Waals surface area contributed by atoms with Crippen LogP contribution in [0, 0.1) is 0 Å². The number of nitrogens with one attached hydrogen (secondary N) is 1. The van der Waals surface area contributed by atoms with Gasteiger partial charge < -0.3 is 5.32 Å². The smallest absolute Gasteiger partial charge is 0.261 e. The summed E-state index contributed by atoms with van der Waals surface area (Å²) >= 11 is 0. The molecule has 1 saturated carbocycles. The molecule has 1 amide bonds. The minimum atomic E-state index is -0.0251. The molecule has 1 fully saturated rings. The number of aromatic nitrogens is 4. The molecule has 1 aliphatic carbocycles. The Morgan fingerprint density at radius 3 is 2.59 bits per heavy atom. The van der Waals surface area contributed by atoms with Crippen LogP contribution in [-0.2, 0) is 17.6 Å². The minimum absolute atomic E-state index is 0.00654. The summed E-state index contributed by atoms with van der Waals surface area (Å²) in [6, 6.07) is 17.7. The van der Waals surface area contributed by atoms with E-state index in [2.05, 4.69) is 22.5 Å². The minimum Gasteiger partial charge on any atom is -0.356 e. The highest BCUT2D eigenvalue weighted by Crippen LogP contribution is 2.34. The first-order chi connectivity index (χ1) is 15.7. The zero-order chi connectivity index (χ0) is 21.9. The molecule has 2 heterocycles. The summed E-state index contributed by atoms with van der Waals surface area (Å²) in [7, 11) is 0. The maximum Gasteiger partial charge on any atom is 0.261 e. The molecule has 162 valence electrons. The molecule has 0 atom stereocenters. The van der Waals surface area contributed by atoms with Crippen LogP contribution in [0.15, 0.2) is 71.8 Å². The summed E-state index contributed by atoms with van der Waals surface area (Å²) < 4.78 is 3.62. The Balaban J connectivity index is 1.17. The Morgan fingerprint density at radius 1 is 1.03 bits per heavy atom. The number of hydrogen-bond donors (Lipinski definition) is 1. The Labute approximate surface area is 185 Å². The van der Waals surface area contributed by atoms with Crippen LogP contribution >= 0.6 is 0 Å². The summed E-state index contributed by atoms with van der Waals surface area (Å²) in [6.45, 7) is 0.570. The van der Waals surface area contributed by atoms with Gasteiger partial charge in [0.25, 0.3) is 5.56 Å². The summed E-state index contributed by atoms with van der Waals surface area (Å²) in [6.07, 6.45) is 7.18. The van der Waals surface area contributed by atoms with Crippen molar-refractivity contribution in [3.8, 4) is 5.69 Å². The van der Waals surface area contributed by atoms with Gasteiger partial charge in [-0.25, -0.2) is 9.67 Å².